The number of anilines is 1. The molecule has 0 radical (unpaired) electrons. The molecule has 1 aliphatic heterocycles. The molecule has 0 saturated carbocycles. The Kier molecular flexibility index (Phi) is 2.30. The second kappa shape index (κ2) is 3.43. The van der Waals surface area contributed by atoms with E-state index in [1.807, 2.05) is 12.1 Å². The quantitative estimate of drug-likeness (QED) is 0.719. The normalized spacial score (nSPS) is 24.2. The number of thiophene rings is 1. The van der Waals surface area contributed by atoms with Crippen molar-refractivity contribution < 1.29 is 9.47 Å². The first-order valence-corrected chi connectivity index (χ1v) is 4.72. The van der Waals surface area contributed by atoms with Gasteiger partial charge in [0.05, 0.1) is 24.8 Å². The fourth-order valence-electron chi connectivity index (χ4n) is 1.19. The second-order valence-electron chi connectivity index (χ2n) is 2.67. The summed E-state index contributed by atoms with van der Waals surface area (Å²) in [7, 11) is 0. The Morgan fingerprint density at radius 3 is 2.92 bits per heavy atom. The predicted octanol–water partition coefficient (Wildman–Crippen LogP) is 1.42. The number of nitrogens with two attached hydrogens (primary N) is 1. The molecule has 1 aromatic heterocycles. The van der Waals surface area contributed by atoms with E-state index in [2.05, 4.69) is 0 Å². The third kappa shape index (κ3) is 1.60. The van der Waals surface area contributed by atoms with Crippen LogP contribution in [0.15, 0.2) is 12.1 Å². The number of hydrogen-bond donors (Lipinski definition) is 1. The van der Waals surface area contributed by atoms with Gasteiger partial charge in [-0.1, -0.05) is 0 Å². The van der Waals surface area contributed by atoms with Gasteiger partial charge in [0.1, 0.15) is 6.10 Å². The van der Waals surface area contributed by atoms with Crippen molar-refractivity contribution in [3.05, 3.63) is 17.0 Å². The van der Waals surface area contributed by atoms with Crippen molar-refractivity contribution in [1.82, 2.24) is 0 Å². The van der Waals surface area contributed by atoms with Gasteiger partial charge in [0.15, 0.2) is 0 Å². The largest absolute Gasteiger partial charge is 0.391 e. The van der Waals surface area contributed by atoms with Crippen LogP contribution in [0.25, 0.3) is 0 Å². The van der Waals surface area contributed by atoms with E-state index in [-0.39, 0.29) is 6.10 Å². The third-order valence-electron chi connectivity index (χ3n) is 1.78. The Morgan fingerprint density at radius 2 is 2.33 bits per heavy atom. The van der Waals surface area contributed by atoms with Crippen molar-refractivity contribution in [3.63, 3.8) is 0 Å². The van der Waals surface area contributed by atoms with Crippen LogP contribution in [0.3, 0.4) is 0 Å². The van der Waals surface area contributed by atoms with Crippen LogP contribution < -0.4 is 5.73 Å². The first-order valence-electron chi connectivity index (χ1n) is 3.91. The van der Waals surface area contributed by atoms with E-state index >= 15 is 0 Å². The van der Waals surface area contributed by atoms with Gasteiger partial charge in [0.25, 0.3) is 0 Å². The van der Waals surface area contributed by atoms with Crippen molar-refractivity contribution >= 4 is 16.3 Å². The third-order valence-corrected chi connectivity index (χ3v) is 2.79. The number of rotatable bonds is 1. The van der Waals surface area contributed by atoms with Crippen LogP contribution in [0.4, 0.5) is 5.00 Å². The molecule has 0 aromatic carbocycles. The van der Waals surface area contributed by atoms with E-state index in [0.717, 1.165) is 9.88 Å². The fourth-order valence-corrected chi connectivity index (χ4v) is 2.01. The highest BCUT2D eigenvalue weighted by Gasteiger charge is 2.17. The zero-order chi connectivity index (χ0) is 8.39. The Morgan fingerprint density at radius 1 is 1.42 bits per heavy atom. The summed E-state index contributed by atoms with van der Waals surface area (Å²) in [5.41, 5.74) is 5.61. The molecule has 2 rings (SSSR count). The monoisotopic (exact) mass is 185 g/mol. The lowest BCUT2D eigenvalue weighted by Crippen LogP contribution is -2.21. The minimum Gasteiger partial charge on any atom is -0.391 e. The molecular formula is C8H11NO2S. The average Bonchev–Trinajstić information content (AvgIpc) is 2.54. The lowest BCUT2D eigenvalue weighted by Gasteiger charge is -2.21. The molecule has 66 valence electrons. The van der Waals surface area contributed by atoms with Crippen LogP contribution in [-0.2, 0) is 9.47 Å². The van der Waals surface area contributed by atoms with Crippen LogP contribution in [0.5, 0.6) is 0 Å². The van der Waals surface area contributed by atoms with Gasteiger partial charge in [-0.15, -0.1) is 11.3 Å². The first-order chi connectivity index (χ1) is 5.86. The molecule has 1 aromatic rings. The van der Waals surface area contributed by atoms with E-state index in [9.17, 15) is 0 Å². The van der Waals surface area contributed by atoms with Gasteiger partial charge in [-0.25, -0.2) is 0 Å². The van der Waals surface area contributed by atoms with E-state index in [4.69, 9.17) is 15.2 Å². The molecule has 12 heavy (non-hydrogen) atoms. The van der Waals surface area contributed by atoms with Gasteiger partial charge in [-0.2, -0.15) is 0 Å². The van der Waals surface area contributed by atoms with Gasteiger partial charge in [0, 0.05) is 4.88 Å². The van der Waals surface area contributed by atoms with Crippen molar-refractivity contribution in [2.75, 3.05) is 25.6 Å². The summed E-state index contributed by atoms with van der Waals surface area (Å²) in [5.74, 6) is 0. The standard InChI is InChI=1S/C8H11NO2S/c9-8-2-1-7(12-8)6-5-10-3-4-11-6/h1-2,6H,3-5,9H2. The summed E-state index contributed by atoms with van der Waals surface area (Å²) in [5, 5.41) is 0.833. The molecule has 1 atom stereocenters. The SMILES string of the molecule is Nc1ccc(C2COCCO2)s1. The Balaban J connectivity index is 2.08. The highest BCUT2D eigenvalue weighted by atomic mass is 32.1. The number of ether oxygens (including phenoxy) is 2. The molecule has 4 heteroatoms. The van der Waals surface area contributed by atoms with Crippen LogP contribution in [0.2, 0.25) is 0 Å². The summed E-state index contributed by atoms with van der Waals surface area (Å²) >= 11 is 1.57. The highest BCUT2D eigenvalue weighted by Crippen LogP contribution is 2.28. The van der Waals surface area contributed by atoms with Gasteiger partial charge in [0.2, 0.25) is 0 Å². The van der Waals surface area contributed by atoms with Crippen molar-refractivity contribution in [2.24, 2.45) is 0 Å². The molecule has 2 N–H and O–H groups in total. The minimum absolute atomic E-state index is 0.0982. The molecule has 0 spiro atoms. The topological polar surface area (TPSA) is 44.5 Å². The van der Waals surface area contributed by atoms with E-state index in [0.29, 0.717) is 19.8 Å². The molecule has 0 amide bonds. The number of hydrogen-bond acceptors (Lipinski definition) is 4. The minimum atomic E-state index is 0.0982. The fraction of sp³-hybridized carbons (Fsp3) is 0.500. The van der Waals surface area contributed by atoms with E-state index < -0.39 is 0 Å². The Labute approximate surface area is 75.1 Å². The van der Waals surface area contributed by atoms with Crippen LogP contribution in [0.1, 0.15) is 11.0 Å². The van der Waals surface area contributed by atoms with Crippen LogP contribution in [0, 0.1) is 0 Å². The molecular weight excluding hydrogens is 174 g/mol. The zero-order valence-electron chi connectivity index (χ0n) is 6.66. The van der Waals surface area contributed by atoms with Crippen molar-refractivity contribution in [3.8, 4) is 0 Å². The number of nitrogen functional groups attached to an aromatic ring is 1. The predicted molar refractivity (Wildman–Crippen MR) is 48.2 cm³/mol. The Bertz CT molecular complexity index is 255. The molecule has 1 unspecified atom stereocenters. The summed E-state index contributed by atoms with van der Waals surface area (Å²) in [4.78, 5) is 1.16. The summed E-state index contributed by atoms with van der Waals surface area (Å²) in [6.45, 7) is 2.04. The molecule has 1 aliphatic rings. The lowest BCUT2D eigenvalue weighted by atomic mass is 10.3. The van der Waals surface area contributed by atoms with Crippen LogP contribution >= 0.6 is 11.3 Å². The van der Waals surface area contributed by atoms with Crippen molar-refractivity contribution in [2.45, 2.75) is 6.10 Å². The smallest absolute Gasteiger partial charge is 0.115 e. The molecule has 2 heterocycles. The van der Waals surface area contributed by atoms with Gasteiger partial charge < -0.3 is 15.2 Å². The maximum Gasteiger partial charge on any atom is 0.115 e. The van der Waals surface area contributed by atoms with Gasteiger partial charge in [-0.3, -0.25) is 0 Å². The Hall–Kier alpha value is -0.580. The molecule has 1 fully saturated rings. The summed E-state index contributed by atoms with van der Waals surface area (Å²) < 4.78 is 10.8. The molecule has 3 nitrogen and oxygen atoms in total. The zero-order valence-corrected chi connectivity index (χ0v) is 7.47. The van der Waals surface area contributed by atoms with Crippen LogP contribution in [-0.4, -0.2) is 19.8 Å². The van der Waals surface area contributed by atoms with E-state index in [1.54, 1.807) is 11.3 Å². The molecule has 0 bridgehead atoms. The van der Waals surface area contributed by atoms with Crippen molar-refractivity contribution in [1.29, 1.82) is 0 Å². The van der Waals surface area contributed by atoms with E-state index in [1.165, 1.54) is 0 Å². The maximum atomic E-state index is 5.61. The highest BCUT2D eigenvalue weighted by molar-refractivity contribution is 7.15. The summed E-state index contributed by atoms with van der Waals surface area (Å²) in [6.07, 6.45) is 0.0982. The second-order valence-corrected chi connectivity index (χ2v) is 3.82. The average molecular weight is 185 g/mol. The first kappa shape index (κ1) is 8.04. The summed E-state index contributed by atoms with van der Waals surface area (Å²) in [6, 6.07) is 3.90. The van der Waals surface area contributed by atoms with Gasteiger partial charge in [-0.05, 0) is 12.1 Å². The molecule has 1 saturated heterocycles. The molecule has 0 aliphatic carbocycles. The van der Waals surface area contributed by atoms with Gasteiger partial charge >= 0.3 is 0 Å². The lowest BCUT2D eigenvalue weighted by molar-refractivity contribution is -0.0887. The maximum absolute atomic E-state index is 5.61.